The van der Waals surface area contributed by atoms with Crippen molar-refractivity contribution in [1.82, 2.24) is 0 Å². The molecule has 0 atom stereocenters. The highest BCUT2D eigenvalue weighted by atomic mass is 79.9. The molecule has 23 heavy (non-hydrogen) atoms. The highest BCUT2D eigenvalue weighted by Gasteiger charge is 2.17. The second kappa shape index (κ2) is 6.25. The summed E-state index contributed by atoms with van der Waals surface area (Å²) in [6, 6.07) is 9.04. The number of hydrogen-bond acceptors (Lipinski definition) is 5. The molecule has 7 nitrogen and oxygen atoms in total. The normalized spacial score (nSPS) is 12.6. The van der Waals surface area contributed by atoms with Crippen LogP contribution in [0.3, 0.4) is 0 Å². The molecule has 1 amide bonds. The lowest BCUT2D eigenvalue weighted by Gasteiger charge is -2.19. The fourth-order valence-corrected chi connectivity index (χ4v) is 2.55. The van der Waals surface area contributed by atoms with Crippen LogP contribution < -0.4 is 14.8 Å². The van der Waals surface area contributed by atoms with E-state index in [0.717, 1.165) is 0 Å². The first-order valence-corrected chi connectivity index (χ1v) is 7.49. The van der Waals surface area contributed by atoms with Gasteiger partial charge in [0.15, 0.2) is 11.5 Å². The Morgan fingerprint density at radius 2 is 1.87 bits per heavy atom. The lowest BCUT2D eigenvalue weighted by Crippen LogP contribution is -2.16. The van der Waals surface area contributed by atoms with Gasteiger partial charge in [-0.3, -0.25) is 14.9 Å². The Bertz CT molecular complexity index is 793. The van der Waals surface area contributed by atoms with Crippen LogP contribution >= 0.6 is 15.9 Å². The molecule has 0 bridgehead atoms. The summed E-state index contributed by atoms with van der Waals surface area (Å²) in [7, 11) is 0. The van der Waals surface area contributed by atoms with Crippen LogP contribution in [0.5, 0.6) is 11.5 Å². The Labute approximate surface area is 139 Å². The van der Waals surface area contributed by atoms with Crippen LogP contribution in [0, 0.1) is 10.1 Å². The van der Waals surface area contributed by atoms with E-state index in [1.807, 2.05) is 0 Å². The highest BCUT2D eigenvalue weighted by Crippen LogP contribution is 2.33. The monoisotopic (exact) mass is 378 g/mol. The van der Waals surface area contributed by atoms with Gasteiger partial charge in [-0.2, -0.15) is 0 Å². The number of ether oxygens (including phenoxy) is 2. The standard InChI is InChI=1S/C15H11BrN2O5/c16-12-3-2-10(18(20)21)8-11(12)15(19)17-9-1-4-13-14(7-9)23-6-5-22-13/h1-4,7-8H,5-6H2,(H,17,19). The fraction of sp³-hybridized carbons (Fsp3) is 0.133. The average molecular weight is 379 g/mol. The van der Waals surface area contributed by atoms with Crippen LogP contribution in [0.1, 0.15) is 10.4 Å². The van der Waals surface area contributed by atoms with E-state index in [0.29, 0.717) is 34.9 Å². The molecular weight excluding hydrogens is 368 g/mol. The molecule has 8 heteroatoms. The van der Waals surface area contributed by atoms with Crippen LogP contribution in [-0.4, -0.2) is 24.0 Å². The number of nitrogens with zero attached hydrogens (tertiary/aromatic N) is 1. The maximum Gasteiger partial charge on any atom is 0.270 e. The summed E-state index contributed by atoms with van der Waals surface area (Å²) in [6.07, 6.45) is 0. The predicted molar refractivity (Wildman–Crippen MR) is 86.2 cm³/mol. The van der Waals surface area contributed by atoms with Gasteiger partial charge in [-0.05, 0) is 34.1 Å². The summed E-state index contributed by atoms with van der Waals surface area (Å²) in [4.78, 5) is 22.6. The first-order chi connectivity index (χ1) is 11.0. The Balaban J connectivity index is 1.84. The summed E-state index contributed by atoms with van der Waals surface area (Å²) >= 11 is 3.23. The van der Waals surface area contributed by atoms with Gasteiger partial charge in [-0.1, -0.05) is 0 Å². The zero-order valence-corrected chi connectivity index (χ0v) is 13.3. The minimum Gasteiger partial charge on any atom is -0.486 e. The average Bonchev–Trinajstić information content (AvgIpc) is 2.54. The third kappa shape index (κ3) is 3.26. The molecular formula is C15H11BrN2O5. The van der Waals surface area contributed by atoms with E-state index < -0.39 is 10.8 Å². The molecule has 0 spiro atoms. The van der Waals surface area contributed by atoms with Gasteiger partial charge < -0.3 is 14.8 Å². The van der Waals surface area contributed by atoms with Crippen LogP contribution in [0.15, 0.2) is 40.9 Å². The number of benzene rings is 2. The first-order valence-electron chi connectivity index (χ1n) is 6.69. The third-order valence-electron chi connectivity index (χ3n) is 3.21. The van der Waals surface area contributed by atoms with E-state index in [1.54, 1.807) is 18.2 Å². The largest absolute Gasteiger partial charge is 0.486 e. The number of amides is 1. The summed E-state index contributed by atoms with van der Waals surface area (Å²) in [5, 5.41) is 13.5. The maximum atomic E-state index is 12.3. The minimum absolute atomic E-state index is 0.152. The van der Waals surface area contributed by atoms with Crippen molar-refractivity contribution in [3.63, 3.8) is 0 Å². The number of carbonyl (C=O) groups excluding carboxylic acids is 1. The summed E-state index contributed by atoms with van der Waals surface area (Å²) in [6.45, 7) is 0.931. The van der Waals surface area contributed by atoms with Crippen molar-refractivity contribution >= 4 is 33.2 Å². The van der Waals surface area contributed by atoms with E-state index in [9.17, 15) is 14.9 Å². The highest BCUT2D eigenvalue weighted by molar-refractivity contribution is 9.10. The van der Waals surface area contributed by atoms with E-state index in [1.165, 1.54) is 18.2 Å². The van der Waals surface area contributed by atoms with Crippen LogP contribution in [0.25, 0.3) is 0 Å². The zero-order valence-electron chi connectivity index (χ0n) is 11.7. The molecule has 0 aliphatic carbocycles. The summed E-state index contributed by atoms with van der Waals surface area (Å²) in [5.41, 5.74) is 0.535. The minimum atomic E-state index is -0.548. The van der Waals surface area contributed by atoms with Crippen molar-refractivity contribution in [1.29, 1.82) is 0 Å². The molecule has 1 aliphatic rings. The van der Waals surface area contributed by atoms with Gasteiger partial charge in [0.05, 0.1) is 10.5 Å². The van der Waals surface area contributed by atoms with E-state index in [-0.39, 0.29) is 11.3 Å². The number of carbonyl (C=O) groups is 1. The number of fused-ring (bicyclic) bond motifs is 1. The molecule has 1 N–H and O–H groups in total. The number of nitrogens with one attached hydrogen (secondary N) is 1. The van der Waals surface area contributed by atoms with Gasteiger partial charge in [0.25, 0.3) is 11.6 Å². The molecule has 118 valence electrons. The molecule has 0 radical (unpaired) electrons. The lowest BCUT2D eigenvalue weighted by molar-refractivity contribution is -0.384. The molecule has 2 aromatic carbocycles. The molecule has 1 aliphatic heterocycles. The zero-order chi connectivity index (χ0) is 16.4. The SMILES string of the molecule is O=C(Nc1ccc2c(c1)OCCO2)c1cc([N+](=O)[O-])ccc1Br. The molecule has 0 saturated carbocycles. The van der Waals surface area contributed by atoms with Gasteiger partial charge in [0.1, 0.15) is 13.2 Å². The predicted octanol–water partition coefficient (Wildman–Crippen LogP) is 3.38. The van der Waals surface area contributed by atoms with E-state index >= 15 is 0 Å². The molecule has 0 aromatic heterocycles. The molecule has 0 unspecified atom stereocenters. The van der Waals surface area contributed by atoms with Gasteiger partial charge in [-0.25, -0.2) is 0 Å². The molecule has 0 saturated heterocycles. The number of hydrogen-bond donors (Lipinski definition) is 1. The number of anilines is 1. The van der Waals surface area contributed by atoms with Crippen LogP contribution in [-0.2, 0) is 0 Å². The smallest absolute Gasteiger partial charge is 0.270 e. The van der Waals surface area contributed by atoms with Crippen LogP contribution in [0.2, 0.25) is 0 Å². The van der Waals surface area contributed by atoms with Crippen molar-refractivity contribution < 1.29 is 19.2 Å². The number of nitro benzene ring substituents is 1. The molecule has 2 aromatic rings. The Morgan fingerprint density at radius 1 is 1.13 bits per heavy atom. The Hall–Kier alpha value is -2.61. The summed E-state index contributed by atoms with van der Waals surface area (Å²) < 4.78 is 11.3. The van der Waals surface area contributed by atoms with Crippen molar-refractivity contribution in [2.24, 2.45) is 0 Å². The lowest BCUT2D eigenvalue weighted by atomic mass is 10.2. The molecule has 0 fully saturated rings. The van der Waals surface area contributed by atoms with E-state index in [4.69, 9.17) is 9.47 Å². The second-order valence-electron chi connectivity index (χ2n) is 4.73. The fourth-order valence-electron chi connectivity index (χ4n) is 2.12. The topological polar surface area (TPSA) is 90.7 Å². The Kier molecular flexibility index (Phi) is 4.16. The van der Waals surface area contributed by atoms with E-state index in [2.05, 4.69) is 21.2 Å². The third-order valence-corrected chi connectivity index (χ3v) is 3.90. The van der Waals surface area contributed by atoms with Crippen molar-refractivity contribution in [3.05, 3.63) is 56.5 Å². The second-order valence-corrected chi connectivity index (χ2v) is 5.59. The number of rotatable bonds is 3. The van der Waals surface area contributed by atoms with Gasteiger partial charge in [-0.15, -0.1) is 0 Å². The van der Waals surface area contributed by atoms with Gasteiger partial charge in [0.2, 0.25) is 0 Å². The van der Waals surface area contributed by atoms with Crippen molar-refractivity contribution in [2.75, 3.05) is 18.5 Å². The van der Waals surface area contributed by atoms with Crippen molar-refractivity contribution in [3.8, 4) is 11.5 Å². The maximum absolute atomic E-state index is 12.3. The summed E-state index contributed by atoms with van der Waals surface area (Å²) in [5.74, 6) is 0.704. The molecule has 1 heterocycles. The first kappa shape index (κ1) is 15.3. The molecule has 3 rings (SSSR count). The number of halogens is 1. The Morgan fingerprint density at radius 3 is 2.61 bits per heavy atom. The quantitative estimate of drug-likeness (QED) is 0.652. The van der Waals surface area contributed by atoms with Crippen LogP contribution in [0.4, 0.5) is 11.4 Å². The van der Waals surface area contributed by atoms with Gasteiger partial charge in [0, 0.05) is 28.4 Å². The van der Waals surface area contributed by atoms with Crippen molar-refractivity contribution in [2.45, 2.75) is 0 Å². The van der Waals surface area contributed by atoms with Gasteiger partial charge >= 0.3 is 0 Å². The number of non-ortho nitro benzene ring substituents is 1. The number of nitro groups is 1.